The number of halogens is 3. The lowest BCUT2D eigenvalue weighted by Crippen LogP contribution is -2.23. The summed E-state index contributed by atoms with van der Waals surface area (Å²) in [5.41, 5.74) is 0.754. The van der Waals surface area contributed by atoms with Gasteiger partial charge in [-0.1, -0.05) is 39.1 Å². The maximum absolute atomic E-state index is 7.79. The minimum Gasteiger partial charge on any atom is -0.328 e. The Balaban J connectivity index is 2.47. The average molecular weight is 308 g/mol. The van der Waals surface area contributed by atoms with E-state index in [9.17, 15) is 0 Å². The van der Waals surface area contributed by atoms with Gasteiger partial charge in [-0.05, 0) is 18.6 Å². The van der Waals surface area contributed by atoms with Gasteiger partial charge < -0.3 is 4.90 Å². The van der Waals surface area contributed by atoms with Crippen molar-refractivity contribution in [3.05, 3.63) is 26.7 Å². The van der Waals surface area contributed by atoms with E-state index >= 15 is 0 Å². The van der Waals surface area contributed by atoms with Gasteiger partial charge in [-0.15, -0.1) is 0 Å². The Labute approximate surface area is 107 Å². The molecule has 1 N–H and O–H groups in total. The van der Waals surface area contributed by atoms with Gasteiger partial charge >= 0.3 is 0 Å². The van der Waals surface area contributed by atoms with Crippen molar-refractivity contribution >= 4 is 50.7 Å². The molecule has 1 fully saturated rings. The first-order chi connectivity index (χ1) is 7.09. The molecule has 15 heavy (non-hydrogen) atoms. The molecule has 1 aromatic carbocycles. The first-order valence-corrected chi connectivity index (χ1v) is 6.14. The largest absolute Gasteiger partial charge is 0.328 e. The van der Waals surface area contributed by atoms with Crippen LogP contribution in [0.4, 0.5) is 5.69 Å². The number of nitrogens with one attached hydrogen (secondary N) is 1. The van der Waals surface area contributed by atoms with E-state index in [4.69, 9.17) is 28.6 Å². The van der Waals surface area contributed by atoms with Crippen molar-refractivity contribution in [3.8, 4) is 0 Å². The van der Waals surface area contributed by atoms with Crippen LogP contribution in [0, 0.1) is 5.41 Å². The highest BCUT2D eigenvalue weighted by Gasteiger charge is 2.23. The summed E-state index contributed by atoms with van der Waals surface area (Å²) in [6.07, 6.45) is 1.78. The van der Waals surface area contributed by atoms with E-state index in [0.717, 1.165) is 29.5 Å². The quantitative estimate of drug-likeness (QED) is 0.821. The molecule has 0 bridgehead atoms. The fourth-order valence-electron chi connectivity index (χ4n) is 1.71. The third kappa shape index (κ3) is 2.14. The van der Waals surface area contributed by atoms with Gasteiger partial charge in [0, 0.05) is 17.4 Å². The molecular formula is C10H9BrCl2N2. The Morgan fingerprint density at radius 3 is 2.33 bits per heavy atom. The van der Waals surface area contributed by atoms with Crippen molar-refractivity contribution in [3.63, 3.8) is 0 Å². The first kappa shape index (κ1) is 11.2. The maximum atomic E-state index is 7.79. The minimum atomic E-state index is 0.584. The van der Waals surface area contributed by atoms with Crippen LogP contribution >= 0.6 is 39.1 Å². The zero-order valence-corrected chi connectivity index (χ0v) is 11.0. The van der Waals surface area contributed by atoms with Crippen LogP contribution in [0.2, 0.25) is 10.0 Å². The van der Waals surface area contributed by atoms with Crippen molar-refractivity contribution < 1.29 is 0 Å². The molecule has 0 unspecified atom stereocenters. The number of rotatable bonds is 1. The average Bonchev–Trinajstić information content (AvgIpc) is 2.50. The van der Waals surface area contributed by atoms with E-state index < -0.39 is 0 Å². The lowest BCUT2D eigenvalue weighted by molar-refractivity contribution is 0.956. The summed E-state index contributed by atoms with van der Waals surface area (Å²) in [5, 5.41) is 8.96. The van der Waals surface area contributed by atoms with Gasteiger partial charge in [0.1, 0.15) is 5.84 Å². The Morgan fingerprint density at radius 2 is 1.87 bits per heavy atom. The lowest BCUT2D eigenvalue weighted by Gasteiger charge is -2.20. The summed E-state index contributed by atoms with van der Waals surface area (Å²) in [6.45, 7) is 0.819. The monoisotopic (exact) mass is 306 g/mol. The molecule has 1 saturated heterocycles. The summed E-state index contributed by atoms with van der Waals surface area (Å²) < 4.78 is 0.854. The van der Waals surface area contributed by atoms with Crippen LogP contribution in [-0.2, 0) is 0 Å². The lowest BCUT2D eigenvalue weighted by atomic mass is 10.3. The predicted molar refractivity (Wildman–Crippen MR) is 68.5 cm³/mol. The van der Waals surface area contributed by atoms with E-state index in [2.05, 4.69) is 15.9 Å². The summed E-state index contributed by atoms with van der Waals surface area (Å²) >= 11 is 15.6. The molecule has 1 aliphatic rings. The number of hydrogen-bond donors (Lipinski definition) is 1. The van der Waals surface area contributed by atoms with Crippen LogP contribution in [-0.4, -0.2) is 12.4 Å². The van der Waals surface area contributed by atoms with Gasteiger partial charge in [-0.25, -0.2) is 0 Å². The van der Waals surface area contributed by atoms with Gasteiger partial charge in [0.2, 0.25) is 0 Å². The smallest absolute Gasteiger partial charge is 0.100 e. The molecule has 0 amide bonds. The molecule has 0 aliphatic carbocycles. The normalized spacial score (nSPS) is 16.2. The summed E-state index contributed by atoms with van der Waals surface area (Å²) in [5.74, 6) is 0.584. The minimum absolute atomic E-state index is 0.584. The van der Waals surface area contributed by atoms with Gasteiger partial charge in [0.25, 0.3) is 0 Å². The predicted octanol–water partition coefficient (Wildman–Crippen LogP) is 4.33. The van der Waals surface area contributed by atoms with E-state index in [1.807, 2.05) is 4.90 Å². The van der Waals surface area contributed by atoms with Gasteiger partial charge in [-0.2, -0.15) is 0 Å². The topological polar surface area (TPSA) is 27.1 Å². The molecule has 1 heterocycles. The molecule has 1 aliphatic heterocycles. The van der Waals surface area contributed by atoms with E-state index in [1.165, 1.54) is 0 Å². The highest BCUT2D eigenvalue weighted by molar-refractivity contribution is 9.10. The van der Waals surface area contributed by atoms with Crippen molar-refractivity contribution in [2.75, 3.05) is 11.4 Å². The molecule has 0 aromatic heterocycles. The molecule has 1 aromatic rings. The summed E-state index contributed by atoms with van der Waals surface area (Å²) in [4.78, 5) is 1.87. The highest BCUT2D eigenvalue weighted by atomic mass is 79.9. The molecular weight excluding hydrogens is 299 g/mol. The third-order valence-corrected chi connectivity index (χ3v) is 3.41. The second kappa shape index (κ2) is 4.32. The molecule has 80 valence electrons. The van der Waals surface area contributed by atoms with E-state index in [-0.39, 0.29) is 0 Å². The fraction of sp³-hybridized carbons (Fsp3) is 0.300. The second-order valence-corrected chi connectivity index (χ2v) is 5.15. The van der Waals surface area contributed by atoms with E-state index in [1.54, 1.807) is 12.1 Å². The molecule has 5 heteroatoms. The highest BCUT2D eigenvalue weighted by Crippen LogP contribution is 2.38. The van der Waals surface area contributed by atoms with Gasteiger partial charge in [0.05, 0.1) is 15.7 Å². The molecule has 0 saturated carbocycles. The zero-order chi connectivity index (χ0) is 11.0. The van der Waals surface area contributed by atoms with Crippen molar-refractivity contribution in [1.82, 2.24) is 0 Å². The molecule has 0 radical (unpaired) electrons. The summed E-state index contributed by atoms with van der Waals surface area (Å²) in [7, 11) is 0. The second-order valence-electron chi connectivity index (χ2n) is 3.42. The molecule has 2 nitrogen and oxygen atoms in total. The molecule has 0 atom stereocenters. The van der Waals surface area contributed by atoms with Crippen molar-refractivity contribution in [1.29, 1.82) is 5.41 Å². The van der Waals surface area contributed by atoms with Gasteiger partial charge in [0.15, 0.2) is 0 Å². The van der Waals surface area contributed by atoms with Crippen LogP contribution in [0.5, 0.6) is 0 Å². The Hall–Kier alpha value is -0.250. The Kier molecular flexibility index (Phi) is 3.24. The fourth-order valence-corrected chi connectivity index (χ4v) is 3.13. The molecule has 2 rings (SSSR count). The first-order valence-electron chi connectivity index (χ1n) is 4.59. The van der Waals surface area contributed by atoms with Crippen LogP contribution in [0.15, 0.2) is 16.6 Å². The van der Waals surface area contributed by atoms with Crippen LogP contribution in [0.25, 0.3) is 0 Å². The van der Waals surface area contributed by atoms with E-state index in [0.29, 0.717) is 15.9 Å². The van der Waals surface area contributed by atoms with Crippen molar-refractivity contribution in [2.24, 2.45) is 0 Å². The zero-order valence-electron chi connectivity index (χ0n) is 7.86. The number of anilines is 1. The number of nitrogens with zero attached hydrogens (tertiary/aromatic N) is 1. The van der Waals surface area contributed by atoms with Crippen LogP contribution < -0.4 is 4.90 Å². The van der Waals surface area contributed by atoms with Crippen molar-refractivity contribution in [2.45, 2.75) is 12.8 Å². The maximum Gasteiger partial charge on any atom is 0.100 e. The Morgan fingerprint density at radius 1 is 1.27 bits per heavy atom. The SMILES string of the molecule is N=C1CCCN1c1c(Cl)cc(Br)cc1Cl. The number of amidine groups is 1. The van der Waals surface area contributed by atoms with Crippen LogP contribution in [0.3, 0.4) is 0 Å². The van der Waals surface area contributed by atoms with Gasteiger partial charge in [-0.3, -0.25) is 5.41 Å². The molecule has 0 spiro atoms. The summed E-state index contributed by atoms with van der Waals surface area (Å²) in [6, 6.07) is 3.60. The number of hydrogen-bond acceptors (Lipinski definition) is 1. The standard InChI is InChI=1S/C10H9BrCl2N2/c11-6-4-7(12)10(8(13)5-6)15-3-1-2-9(15)14/h4-5,14H,1-3H2. The third-order valence-electron chi connectivity index (χ3n) is 2.37. The Bertz CT molecular complexity index is 397. The number of benzene rings is 1. The van der Waals surface area contributed by atoms with Crippen LogP contribution in [0.1, 0.15) is 12.8 Å².